The maximum absolute atomic E-state index is 13.5. The van der Waals surface area contributed by atoms with E-state index in [1.54, 1.807) is 18.3 Å². The fraction of sp³-hybridized carbons (Fsp3) is 0.312. The second-order valence-electron chi connectivity index (χ2n) is 5.31. The van der Waals surface area contributed by atoms with Gasteiger partial charge in [0.1, 0.15) is 17.5 Å². The van der Waals surface area contributed by atoms with Crippen molar-refractivity contribution in [1.29, 1.82) is 0 Å². The Hall–Kier alpha value is -2.70. The Morgan fingerprint density at radius 1 is 1.22 bits per heavy atom. The minimum atomic E-state index is -0.495. The third-order valence-corrected chi connectivity index (χ3v) is 3.65. The smallest absolute Gasteiger partial charge is 0.319 e. The summed E-state index contributed by atoms with van der Waals surface area (Å²) in [6.07, 6.45) is 4.03. The zero-order valence-corrected chi connectivity index (χ0v) is 12.6. The molecule has 1 aromatic carbocycles. The lowest BCUT2D eigenvalue weighted by Gasteiger charge is -2.16. The predicted octanol–water partition coefficient (Wildman–Crippen LogP) is 2.54. The van der Waals surface area contributed by atoms with Crippen LogP contribution in [0, 0.1) is 5.82 Å². The summed E-state index contributed by atoms with van der Waals surface area (Å²) in [5.74, 6) is 0.928. The Kier molecular flexibility index (Phi) is 4.65. The van der Waals surface area contributed by atoms with Crippen molar-refractivity contribution in [1.82, 2.24) is 15.3 Å². The molecule has 2 amide bonds. The quantitative estimate of drug-likeness (QED) is 0.909. The molecule has 23 heavy (non-hydrogen) atoms. The van der Waals surface area contributed by atoms with Crippen molar-refractivity contribution >= 4 is 17.5 Å². The summed E-state index contributed by atoms with van der Waals surface area (Å²) in [5.41, 5.74) is 0.136. The van der Waals surface area contributed by atoms with Gasteiger partial charge in [0.15, 0.2) is 0 Å². The van der Waals surface area contributed by atoms with Gasteiger partial charge in [0.05, 0.1) is 12.2 Å². The fourth-order valence-electron chi connectivity index (χ4n) is 2.48. The van der Waals surface area contributed by atoms with Gasteiger partial charge in [-0.15, -0.1) is 0 Å². The fourth-order valence-corrected chi connectivity index (χ4v) is 2.48. The number of carbonyl (C=O) groups excluding carboxylic acids is 1. The molecule has 1 aromatic heterocycles. The number of anilines is 2. The number of hydrogen-bond acceptors (Lipinski definition) is 4. The molecule has 0 spiro atoms. The summed E-state index contributed by atoms with van der Waals surface area (Å²) in [7, 11) is 0. The third kappa shape index (κ3) is 3.94. The van der Waals surface area contributed by atoms with Gasteiger partial charge in [0.2, 0.25) is 0 Å². The monoisotopic (exact) mass is 315 g/mol. The molecule has 2 N–H and O–H groups in total. The molecule has 1 aliphatic heterocycles. The van der Waals surface area contributed by atoms with Crippen LogP contribution >= 0.6 is 0 Å². The molecule has 0 bridgehead atoms. The first kappa shape index (κ1) is 15.2. The molecule has 2 heterocycles. The minimum absolute atomic E-state index is 0.136. The van der Waals surface area contributed by atoms with E-state index >= 15 is 0 Å². The van der Waals surface area contributed by atoms with Gasteiger partial charge in [-0.05, 0) is 31.0 Å². The summed E-state index contributed by atoms with van der Waals surface area (Å²) < 4.78 is 13.5. The van der Waals surface area contributed by atoms with Crippen LogP contribution in [-0.4, -0.2) is 29.1 Å². The Bertz CT molecular complexity index is 688. The normalized spacial score (nSPS) is 13.9. The van der Waals surface area contributed by atoms with Gasteiger partial charge in [-0.3, -0.25) is 0 Å². The first-order valence-corrected chi connectivity index (χ1v) is 7.58. The summed E-state index contributed by atoms with van der Waals surface area (Å²) in [4.78, 5) is 22.6. The molecule has 120 valence electrons. The van der Waals surface area contributed by atoms with Crippen LogP contribution in [-0.2, 0) is 6.54 Å². The number of hydrogen-bond donors (Lipinski definition) is 2. The van der Waals surface area contributed by atoms with Crippen molar-refractivity contribution in [2.75, 3.05) is 23.3 Å². The highest BCUT2D eigenvalue weighted by Gasteiger charge is 2.14. The number of rotatable bonds is 4. The van der Waals surface area contributed by atoms with Crippen molar-refractivity contribution in [2.24, 2.45) is 0 Å². The number of amides is 2. The highest BCUT2D eigenvalue weighted by Crippen LogP contribution is 2.17. The predicted molar refractivity (Wildman–Crippen MR) is 85.7 cm³/mol. The summed E-state index contributed by atoms with van der Waals surface area (Å²) in [6.45, 7) is 2.18. The summed E-state index contributed by atoms with van der Waals surface area (Å²) >= 11 is 0. The van der Waals surface area contributed by atoms with Gasteiger partial charge in [0.25, 0.3) is 0 Å². The Balaban J connectivity index is 1.56. The first-order chi connectivity index (χ1) is 11.2. The number of urea groups is 1. The molecule has 0 atom stereocenters. The lowest BCUT2D eigenvalue weighted by atomic mass is 10.3. The number of nitrogens with zero attached hydrogens (tertiary/aromatic N) is 3. The molecule has 6 nitrogen and oxygen atoms in total. The Morgan fingerprint density at radius 2 is 2.00 bits per heavy atom. The van der Waals surface area contributed by atoms with Gasteiger partial charge in [0, 0.05) is 19.3 Å². The average Bonchev–Trinajstić information content (AvgIpc) is 3.10. The van der Waals surface area contributed by atoms with E-state index in [-0.39, 0.29) is 12.2 Å². The largest absolute Gasteiger partial charge is 0.357 e. The van der Waals surface area contributed by atoms with Gasteiger partial charge in [-0.25, -0.2) is 19.2 Å². The maximum Gasteiger partial charge on any atom is 0.319 e. The summed E-state index contributed by atoms with van der Waals surface area (Å²) in [5, 5.41) is 5.09. The SMILES string of the molecule is O=C(NCc1nccc(N2CCCC2)n1)Nc1ccccc1F. The maximum atomic E-state index is 13.5. The zero-order valence-electron chi connectivity index (χ0n) is 12.6. The third-order valence-electron chi connectivity index (χ3n) is 3.65. The van der Waals surface area contributed by atoms with Gasteiger partial charge in [-0.2, -0.15) is 0 Å². The number of para-hydroxylation sites is 1. The molecule has 0 unspecified atom stereocenters. The Morgan fingerprint density at radius 3 is 2.78 bits per heavy atom. The van der Waals surface area contributed by atoms with E-state index < -0.39 is 11.8 Å². The van der Waals surface area contributed by atoms with E-state index in [1.165, 1.54) is 25.0 Å². The molecule has 1 fully saturated rings. The number of halogens is 1. The molecule has 3 rings (SSSR count). The van der Waals surface area contributed by atoms with E-state index in [1.807, 2.05) is 6.07 Å². The van der Waals surface area contributed by atoms with Crippen LogP contribution < -0.4 is 15.5 Å². The van der Waals surface area contributed by atoms with Crippen molar-refractivity contribution < 1.29 is 9.18 Å². The van der Waals surface area contributed by atoms with Crippen LogP contribution in [0.5, 0.6) is 0 Å². The zero-order chi connectivity index (χ0) is 16.1. The average molecular weight is 315 g/mol. The van der Waals surface area contributed by atoms with Crippen LogP contribution in [0.4, 0.5) is 20.7 Å². The first-order valence-electron chi connectivity index (χ1n) is 7.58. The summed E-state index contributed by atoms with van der Waals surface area (Å²) in [6, 6.07) is 7.38. The lowest BCUT2D eigenvalue weighted by Crippen LogP contribution is -2.29. The van der Waals surface area contributed by atoms with E-state index in [0.29, 0.717) is 5.82 Å². The van der Waals surface area contributed by atoms with Gasteiger partial charge in [-0.1, -0.05) is 12.1 Å². The number of benzene rings is 1. The molecule has 2 aromatic rings. The van der Waals surface area contributed by atoms with Crippen LogP contribution in [0.15, 0.2) is 36.5 Å². The second kappa shape index (κ2) is 7.04. The van der Waals surface area contributed by atoms with Crippen molar-refractivity contribution in [3.63, 3.8) is 0 Å². The molecule has 0 aliphatic carbocycles. The highest BCUT2D eigenvalue weighted by atomic mass is 19.1. The molecule has 1 aliphatic rings. The van der Waals surface area contributed by atoms with Crippen LogP contribution in [0.1, 0.15) is 18.7 Å². The van der Waals surface area contributed by atoms with Crippen molar-refractivity contribution in [3.8, 4) is 0 Å². The van der Waals surface area contributed by atoms with Gasteiger partial charge < -0.3 is 15.5 Å². The topological polar surface area (TPSA) is 70.2 Å². The van der Waals surface area contributed by atoms with Crippen molar-refractivity contribution in [2.45, 2.75) is 19.4 Å². The van der Waals surface area contributed by atoms with Gasteiger partial charge >= 0.3 is 6.03 Å². The van der Waals surface area contributed by atoms with Crippen LogP contribution in [0.25, 0.3) is 0 Å². The lowest BCUT2D eigenvalue weighted by molar-refractivity contribution is 0.251. The highest BCUT2D eigenvalue weighted by molar-refractivity contribution is 5.89. The molecular formula is C16H18FN5O. The standard InChI is InChI=1S/C16H18FN5O/c17-12-5-1-2-6-13(12)20-16(23)19-11-14-18-8-7-15(21-14)22-9-3-4-10-22/h1-2,5-8H,3-4,9-11H2,(H2,19,20,23). The van der Waals surface area contributed by atoms with E-state index in [9.17, 15) is 9.18 Å². The second-order valence-corrected chi connectivity index (χ2v) is 5.31. The number of nitrogens with one attached hydrogen (secondary N) is 2. The molecule has 7 heteroatoms. The molecular weight excluding hydrogens is 297 g/mol. The van der Waals surface area contributed by atoms with E-state index in [0.717, 1.165) is 18.9 Å². The van der Waals surface area contributed by atoms with Crippen molar-refractivity contribution in [3.05, 3.63) is 48.2 Å². The molecule has 0 radical (unpaired) electrons. The minimum Gasteiger partial charge on any atom is -0.357 e. The van der Waals surface area contributed by atoms with E-state index in [4.69, 9.17) is 0 Å². The number of carbonyl (C=O) groups is 1. The van der Waals surface area contributed by atoms with Crippen LogP contribution in [0.3, 0.4) is 0 Å². The van der Waals surface area contributed by atoms with Crippen LogP contribution in [0.2, 0.25) is 0 Å². The molecule has 0 saturated carbocycles. The Labute approximate surface area is 133 Å². The molecule has 1 saturated heterocycles. The number of aromatic nitrogens is 2. The van der Waals surface area contributed by atoms with E-state index in [2.05, 4.69) is 25.5 Å².